The van der Waals surface area contributed by atoms with Crippen LogP contribution in [0.2, 0.25) is 5.02 Å². The molecule has 36 heavy (non-hydrogen) atoms. The number of rotatable bonds is 12. The molecule has 1 saturated carbocycles. The summed E-state index contributed by atoms with van der Waals surface area (Å²) in [6.07, 6.45) is 7.56. The molecule has 9 heteroatoms. The van der Waals surface area contributed by atoms with Crippen molar-refractivity contribution >= 4 is 50.8 Å². The number of thiazole rings is 1. The fourth-order valence-corrected chi connectivity index (χ4v) is 6.06. The molecule has 0 aliphatic heterocycles. The molecule has 2 atom stereocenters. The molecule has 1 aliphatic rings. The van der Waals surface area contributed by atoms with Gasteiger partial charge < -0.3 is 10.6 Å². The predicted molar refractivity (Wildman–Crippen MR) is 143 cm³/mol. The first-order valence-electron chi connectivity index (χ1n) is 12.5. The van der Waals surface area contributed by atoms with Crippen LogP contribution in [-0.2, 0) is 20.8 Å². The molecule has 0 unspecified atom stereocenters. The van der Waals surface area contributed by atoms with Crippen LogP contribution in [0, 0.1) is 23.2 Å². The fourth-order valence-electron chi connectivity index (χ4n) is 4.74. The van der Waals surface area contributed by atoms with Crippen molar-refractivity contribution in [2.24, 2.45) is 11.8 Å². The Morgan fingerprint density at radius 3 is 2.72 bits per heavy atom. The lowest BCUT2D eigenvalue weighted by Crippen LogP contribution is -2.42. The average molecular weight is 529 g/mol. The van der Waals surface area contributed by atoms with Crippen molar-refractivity contribution < 1.29 is 14.4 Å². The highest BCUT2D eigenvalue weighted by Crippen LogP contribution is 2.30. The number of nitrogens with one attached hydrogen (secondary N) is 2. The first kappa shape index (κ1) is 27.8. The molecule has 1 aromatic heterocycles. The maximum Gasteiger partial charge on any atom is 0.224 e. The van der Waals surface area contributed by atoms with E-state index in [1.54, 1.807) is 13.1 Å². The van der Waals surface area contributed by atoms with Crippen LogP contribution in [0.1, 0.15) is 62.8 Å². The summed E-state index contributed by atoms with van der Waals surface area (Å²) in [4.78, 5) is 42.6. The quantitative estimate of drug-likeness (QED) is 0.293. The first-order valence-corrected chi connectivity index (χ1v) is 13.7. The molecular weight excluding hydrogens is 496 g/mol. The molecule has 2 N–H and O–H groups in total. The largest absolute Gasteiger partial charge is 0.359 e. The molecule has 1 heterocycles. The van der Waals surface area contributed by atoms with Gasteiger partial charge in [0.25, 0.3) is 0 Å². The number of carbonyl (C=O) groups excluding carboxylic acids is 3. The molecule has 0 bridgehead atoms. The molecule has 0 spiro atoms. The van der Waals surface area contributed by atoms with E-state index in [1.807, 2.05) is 18.2 Å². The number of Topliss-reactive ketones (excluding diaryl/α,β-unsaturated/α-hetero) is 1. The van der Waals surface area contributed by atoms with E-state index < -0.39 is 5.92 Å². The van der Waals surface area contributed by atoms with Crippen LogP contribution in [0.25, 0.3) is 10.2 Å². The van der Waals surface area contributed by atoms with Crippen molar-refractivity contribution in [2.75, 3.05) is 7.05 Å². The number of halogens is 1. The number of carbonyl (C=O) groups is 3. The van der Waals surface area contributed by atoms with Gasteiger partial charge in [0, 0.05) is 37.4 Å². The summed E-state index contributed by atoms with van der Waals surface area (Å²) in [5.74, 6) is -0.841. The summed E-state index contributed by atoms with van der Waals surface area (Å²) >= 11 is 7.57. The average Bonchev–Trinajstić information content (AvgIpc) is 3.27. The van der Waals surface area contributed by atoms with Gasteiger partial charge in [-0.25, -0.2) is 4.98 Å². The zero-order valence-corrected chi connectivity index (χ0v) is 22.2. The minimum atomic E-state index is -0.598. The van der Waals surface area contributed by atoms with Crippen molar-refractivity contribution in [2.45, 2.75) is 70.3 Å². The van der Waals surface area contributed by atoms with E-state index >= 15 is 0 Å². The number of hydrogen-bond acceptors (Lipinski definition) is 6. The van der Waals surface area contributed by atoms with Gasteiger partial charge in [0.1, 0.15) is 6.07 Å². The highest BCUT2D eigenvalue weighted by Gasteiger charge is 2.28. The normalized spacial score (nSPS) is 15.6. The number of benzene rings is 1. The van der Waals surface area contributed by atoms with Gasteiger partial charge in [-0.3, -0.25) is 14.4 Å². The lowest BCUT2D eigenvalue weighted by atomic mass is 9.83. The maximum atomic E-state index is 13.5. The van der Waals surface area contributed by atoms with Crippen molar-refractivity contribution in [1.29, 1.82) is 5.26 Å². The van der Waals surface area contributed by atoms with Crippen molar-refractivity contribution in [3.63, 3.8) is 0 Å². The van der Waals surface area contributed by atoms with E-state index in [-0.39, 0.29) is 42.1 Å². The SMILES string of the molecule is C=C(C#N)C(=O)CC[C@H](CC1CCCCC1)NC(=O)[C@@H](CC(=O)NC)Cc1nc2ccc(Cl)cc2s1. The van der Waals surface area contributed by atoms with Gasteiger partial charge in [0.15, 0.2) is 5.78 Å². The second kappa shape index (κ2) is 13.5. The Labute approximate surface area is 221 Å². The first-order chi connectivity index (χ1) is 17.3. The van der Waals surface area contributed by atoms with E-state index in [1.165, 1.54) is 30.6 Å². The summed E-state index contributed by atoms with van der Waals surface area (Å²) < 4.78 is 0.933. The lowest BCUT2D eigenvalue weighted by Gasteiger charge is -2.28. The molecule has 192 valence electrons. The van der Waals surface area contributed by atoms with Crippen LogP contribution < -0.4 is 10.6 Å². The number of amides is 2. The number of nitrogens with zero attached hydrogens (tertiary/aromatic N) is 2. The monoisotopic (exact) mass is 528 g/mol. The standard InChI is InChI=1S/C27H33ClN4O3S/c1-17(16-29)23(33)11-9-21(12-18-6-4-3-5-7-18)31-27(35)19(13-25(34)30-2)14-26-32-22-10-8-20(28)15-24(22)36-26/h8,10,15,18-19,21H,1,3-7,9,11-14H2,2H3,(H,30,34)(H,31,35)/t19-,21+/m0/s1. The van der Waals surface area contributed by atoms with Crippen molar-refractivity contribution in [3.05, 3.63) is 40.4 Å². The molecule has 1 aromatic carbocycles. The summed E-state index contributed by atoms with van der Waals surface area (Å²) in [6.45, 7) is 3.51. The number of nitriles is 1. The van der Waals surface area contributed by atoms with Gasteiger partial charge in [0.05, 0.1) is 26.7 Å². The van der Waals surface area contributed by atoms with E-state index in [9.17, 15) is 14.4 Å². The Hall–Kier alpha value is -2.76. The Bertz CT molecular complexity index is 1150. The Morgan fingerprint density at radius 1 is 1.28 bits per heavy atom. The van der Waals surface area contributed by atoms with Crippen LogP contribution in [0.3, 0.4) is 0 Å². The second-order valence-electron chi connectivity index (χ2n) is 9.50. The number of hydrogen-bond donors (Lipinski definition) is 2. The third kappa shape index (κ3) is 8.14. The predicted octanol–water partition coefficient (Wildman–Crippen LogP) is 5.13. The van der Waals surface area contributed by atoms with E-state index in [4.69, 9.17) is 16.9 Å². The van der Waals surface area contributed by atoms with Gasteiger partial charge in [0.2, 0.25) is 11.8 Å². The summed E-state index contributed by atoms with van der Waals surface area (Å²) in [7, 11) is 1.55. The maximum absolute atomic E-state index is 13.5. The highest BCUT2D eigenvalue weighted by molar-refractivity contribution is 7.18. The zero-order chi connectivity index (χ0) is 26.1. The molecular formula is C27H33ClN4O3S. The van der Waals surface area contributed by atoms with Crippen LogP contribution in [0.15, 0.2) is 30.4 Å². The molecule has 0 saturated heterocycles. The van der Waals surface area contributed by atoms with Crippen LogP contribution in [0.4, 0.5) is 0 Å². The number of ketones is 1. The van der Waals surface area contributed by atoms with Gasteiger partial charge in [-0.15, -0.1) is 11.3 Å². The van der Waals surface area contributed by atoms with Gasteiger partial charge >= 0.3 is 0 Å². The molecule has 2 aromatic rings. The van der Waals surface area contributed by atoms with E-state index in [0.29, 0.717) is 23.8 Å². The fraction of sp³-hybridized carbons (Fsp3) is 0.519. The Kier molecular flexibility index (Phi) is 10.4. The Balaban J connectivity index is 1.74. The van der Waals surface area contributed by atoms with Gasteiger partial charge in [-0.1, -0.05) is 50.3 Å². The van der Waals surface area contributed by atoms with E-state index in [0.717, 1.165) is 34.5 Å². The molecule has 1 aliphatic carbocycles. The third-order valence-corrected chi connectivity index (χ3v) is 8.05. The molecule has 0 radical (unpaired) electrons. The second-order valence-corrected chi connectivity index (χ2v) is 11.0. The Morgan fingerprint density at radius 2 is 2.03 bits per heavy atom. The van der Waals surface area contributed by atoms with Crippen LogP contribution in [-0.4, -0.2) is 35.7 Å². The number of fused-ring (bicyclic) bond motifs is 1. The smallest absolute Gasteiger partial charge is 0.224 e. The molecule has 1 fully saturated rings. The molecule has 3 rings (SSSR count). The van der Waals surface area contributed by atoms with Crippen molar-refractivity contribution in [1.82, 2.24) is 15.6 Å². The molecule has 2 amide bonds. The molecule has 7 nitrogen and oxygen atoms in total. The van der Waals surface area contributed by atoms with Gasteiger partial charge in [-0.05, 0) is 37.0 Å². The summed E-state index contributed by atoms with van der Waals surface area (Å²) in [5, 5.41) is 16.1. The third-order valence-electron chi connectivity index (χ3n) is 6.78. The highest BCUT2D eigenvalue weighted by atomic mass is 35.5. The topological polar surface area (TPSA) is 112 Å². The number of allylic oxidation sites excluding steroid dienone is 1. The van der Waals surface area contributed by atoms with Crippen molar-refractivity contribution in [3.8, 4) is 6.07 Å². The minimum Gasteiger partial charge on any atom is -0.359 e. The van der Waals surface area contributed by atoms with Gasteiger partial charge in [-0.2, -0.15) is 5.26 Å². The van der Waals surface area contributed by atoms with Crippen LogP contribution in [0.5, 0.6) is 0 Å². The number of aromatic nitrogens is 1. The summed E-state index contributed by atoms with van der Waals surface area (Å²) in [5.41, 5.74) is 0.746. The zero-order valence-electron chi connectivity index (χ0n) is 20.6. The van der Waals surface area contributed by atoms with Crippen LogP contribution >= 0.6 is 22.9 Å². The summed E-state index contributed by atoms with van der Waals surface area (Å²) in [6, 6.07) is 7.07. The lowest BCUT2D eigenvalue weighted by molar-refractivity contribution is -0.130. The van der Waals surface area contributed by atoms with E-state index in [2.05, 4.69) is 22.2 Å². The minimum absolute atomic E-state index is 0.0410.